The van der Waals surface area contributed by atoms with Crippen molar-refractivity contribution in [2.75, 3.05) is 45.2 Å². The Hall–Kier alpha value is -0.260. The van der Waals surface area contributed by atoms with Gasteiger partial charge in [-0.15, -0.1) is 0 Å². The highest BCUT2D eigenvalue weighted by Gasteiger charge is 2.19. The van der Waals surface area contributed by atoms with Gasteiger partial charge in [0.05, 0.1) is 6.04 Å². The summed E-state index contributed by atoms with van der Waals surface area (Å²) in [7, 11) is 4.09. The molecule has 88 valence electrons. The van der Waals surface area contributed by atoms with Crippen molar-refractivity contribution < 1.29 is 4.79 Å². The lowest BCUT2D eigenvalue weighted by Crippen LogP contribution is -2.49. The van der Waals surface area contributed by atoms with Gasteiger partial charge in [-0.25, -0.2) is 0 Å². The Morgan fingerprint density at radius 3 is 3.00 bits per heavy atom. The van der Waals surface area contributed by atoms with E-state index in [0.29, 0.717) is 0 Å². The van der Waals surface area contributed by atoms with Crippen molar-refractivity contribution in [3.05, 3.63) is 0 Å². The minimum Gasteiger partial charge on any atom is -0.355 e. The Balaban J connectivity index is 2.07. The van der Waals surface area contributed by atoms with Crippen molar-refractivity contribution in [2.45, 2.75) is 12.5 Å². The Morgan fingerprint density at radius 2 is 2.40 bits per heavy atom. The van der Waals surface area contributed by atoms with E-state index in [2.05, 4.69) is 15.5 Å². The number of nitrogens with zero attached hydrogens (tertiary/aromatic N) is 1. The molecule has 1 aliphatic heterocycles. The molecular formula is C10H21N3OS. The van der Waals surface area contributed by atoms with Crippen molar-refractivity contribution in [1.29, 1.82) is 0 Å². The van der Waals surface area contributed by atoms with Crippen LogP contribution in [0, 0.1) is 0 Å². The van der Waals surface area contributed by atoms with Gasteiger partial charge in [0, 0.05) is 24.6 Å². The van der Waals surface area contributed by atoms with Crippen LogP contribution in [0.4, 0.5) is 0 Å². The van der Waals surface area contributed by atoms with Crippen LogP contribution in [-0.4, -0.2) is 62.1 Å². The number of carbonyl (C=O) groups is 1. The zero-order valence-corrected chi connectivity index (χ0v) is 10.4. The Labute approximate surface area is 96.2 Å². The molecule has 0 aromatic rings. The van der Waals surface area contributed by atoms with Crippen LogP contribution in [0.1, 0.15) is 6.42 Å². The molecule has 0 aromatic heterocycles. The molecule has 4 nitrogen and oxygen atoms in total. The van der Waals surface area contributed by atoms with Crippen LogP contribution in [0.3, 0.4) is 0 Å². The smallest absolute Gasteiger partial charge is 0.237 e. The van der Waals surface area contributed by atoms with Gasteiger partial charge in [-0.05, 0) is 27.1 Å². The first-order valence-corrected chi connectivity index (χ1v) is 6.59. The molecule has 1 atom stereocenters. The molecule has 5 heteroatoms. The van der Waals surface area contributed by atoms with Gasteiger partial charge < -0.3 is 15.5 Å². The second kappa shape index (κ2) is 7.09. The molecular weight excluding hydrogens is 210 g/mol. The highest BCUT2D eigenvalue weighted by Crippen LogP contribution is 2.07. The van der Waals surface area contributed by atoms with E-state index in [1.165, 1.54) is 0 Å². The zero-order valence-electron chi connectivity index (χ0n) is 9.58. The maximum Gasteiger partial charge on any atom is 0.237 e. The number of nitrogens with one attached hydrogen (secondary N) is 2. The minimum absolute atomic E-state index is 0.0168. The van der Waals surface area contributed by atoms with Gasteiger partial charge in [-0.2, -0.15) is 11.8 Å². The van der Waals surface area contributed by atoms with Crippen LogP contribution < -0.4 is 10.6 Å². The Morgan fingerprint density at radius 1 is 1.60 bits per heavy atom. The molecule has 0 aromatic carbocycles. The molecule has 1 fully saturated rings. The maximum absolute atomic E-state index is 11.6. The lowest BCUT2D eigenvalue weighted by Gasteiger charge is -2.22. The number of hydrogen-bond acceptors (Lipinski definition) is 4. The SMILES string of the molecule is CN(C)CCCNC(=O)C1CSCCN1. The number of amides is 1. The summed E-state index contributed by atoms with van der Waals surface area (Å²) in [4.78, 5) is 13.8. The van der Waals surface area contributed by atoms with Crippen LogP contribution in [0.2, 0.25) is 0 Å². The quantitative estimate of drug-likeness (QED) is 0.641. The van der Waals surface area contributed by atoms with Crippen LogP contribution >= 0.6 is 11.8 Å². The molecule has 1 saturated heterocycles. The molecule has 0 aliphatic carbocycles. The summed E-state index contributed by atoms with van der Waals surface area (Å²) in [6.07, 6.45) is 1.01. The van der Waals surface area contributed by atoms with Crippen molar-refractivity contribution in [3.63, 3.8) is 0 Å². The first kappa shape index (κ1) is 12.8. The van der Waals surface area contributed by atoms with Gasteiger partial charge in [-0.1, -0.05) is 0 Å². The molecule has 1 heterocycles. The molecule has 1 aliphatic rings. The van der Waals surface area contributed by atoms with E-state index in [9.17, 15) is 4.79 Å². The Kier molecular flexibility index (Phi) is 6.05. The summed E-state index contributed by atoms with van der Waals surface area (Å²) in [5.74, 6) is 2.17. The first-order valence-electron chi connectivity index (χ1n) is 5.43. The lowest BCUT2D eigenvalue weighted by molar-refractivity contribution is -0.122. The average molecular weight is 231 g/mol. The van der Waals surface area contributed by atoms with Crippen LogP contribution in [0.15, 0.2) is 0 Å². The van der Waals surface area contributed by atoms with E-state index < -0.39 is 0 Å². The van der Waals surface area contributed by atoms with Crippen LogP contribution in [0.25, 0.3) is 0 Å². The molecule has 2 N–H and O–H groups in total. The van der Waals surface area contributed by atoms with Crippen LogP contribution in [-0.2, 0) is 4.79 Å². The van der Waals surface area contributed by atoms with Crippen molar-refractivity contribution >= 4 is 17.7 Å². The molecule has 1 unspecified atom stereocenters. The van der Waals surface area contributed by atoms with E-state index in [4.69, 9.17) is 0 Å². The maximum atomic E-state index is 11.6. The monoisotopic (exact) mass is 231 g/mol. The normalized spacial score (nSPS) is 21.7. The van der Waals surface area contributed by atoms with E-state index in [-0.39, 0.29) is 11.9 Å². The predicted octanol–water partition coefficient (Wildman–Crippen LogP) is -0.241. The van der Waals surface area contributed by atoms with Gasteiger partial charge in [0.1, 0.15) is 0 Å². The molecule has 15 heavy (non-hydrogen) atoms. The van der Waals surface area contributed by atoms with Gasteiger partial charge in [0.25, 0.3) is 0 Å². The van der Waals surface area contributed by atoms with Crippen LogP contribution in [0.5, 0.6) is 0 Å². The minimum atomic E-state index is 0.0168. The van der Waals surface area contributed by atoms with E-state index in [0.717, 1.165) is 37.6 Å². The lowest BCUT2D eigenvalue weighted by atomic mass is 10.3. The summed E-state index contributed by atoms with van der Waals surface area (Å²) in [5.41, 5.74) is 0. The number of rotatable bonds is 5. The standard InChI is InChI=1S/C10H21N3OS/c1-13(2)6-3-4-12-10(14)9-8-15-7-5-11-9/h9,11H,3-8H2,1-2H3,(H,12,14). The second-order valence-electron chi connectivity index (χ2n) is 4.03. The largest absolute Gasteiger partial charge is 0.355 e. The third-order valence-electron chi connectivity index (χ3n) is 2.32. The topological polar surface area (TPSA) is 44.4 Å². The molecule has 1 rings (SSSR count). The van der Waals surface area contributed by atoms with Gasteiger partial charge in [0.15, 0.2) is 0 Å². The summed E-state index contributed by atoms with van der Waals surface area (Å²) >= 11 is 1.84. The number of hydrogen-bond donors (Lipinski definition) is 2. The molecule has 0 bridgehead atoms. The predicted molar refractivity (Wildman–Crippen MR) is 65.3 cm³/mol. The summed E-state index contributed by atoms with van der Waals surface area (Å²) in [6, 6.07) is 0.0168. The number of carbonyl (C=O) groups excluding carboxylic acids is 1. The van der Waals surface area contributed by atoms with Crippen molar-refractivity contribution in [3.8, 4) is 0 Å². The molecule has 1 amide bonds. The molecule has 0 saturated carbocycles. The van der Waals surface area contributed by atoms with Gasteiger partial charge in [0.2, 0.25) is 5.91 Å². The van der Waals surface area contributed by atoms with Gasteiger partial charge >= 0.3 is 0 Å². The van der Waals surface area contributed by atoms with Crippen molar-refractivity contribution in [2.24, 2.45) is 0 Å². The summed E-state index contributed by atoms with van der Waals surface area (Å²) in [5, 5.41) is 6.19. The van der Waals surface area contributed by atoms with E-state index in [1.807, 2.05) is 25.9 Å². The fourth-order valence-electron chi connectivity index (χ4n) is 1.46. The van der Waals surface area contributed by atoms with Crippen molar-refractivity contribution in [1.82, 2.24) is 15.5 Å². The average Bonchev–Trinajstić information content (AvgIpc) is 2.25. The zero-order chi connectivity index (χ0) is 11.1. The third kappa shape index (κ3) is 5.39. The van der Waals surface area contributed by atoms with E-state index in [1.54, 1.807) is 0 Å². The second-order valence-corrected chi connectivity index (χ2v) is 5.18. The summed E-state index contributed by atoms with van der Waals surface area (Å²) < 4.78 is 0. The fraction of sp³-hybridized carbons (Fsp3) is 0.900. The molecule has 0 radical (unpaired) electrons. The number of thioether (sulfide) groups is 1. The third-order valence-corrected chi connectivity index (χ3v) is 3.38. The summed E-state index contributed by atoms with van der Waals surface area (Å²) in [6.45, 7) is 2.74. The highest BCUT2D eigenvalue weighted by atomic mass is 32.2. The molecule has 0 spiro atoms. The van der Waals surface area contributed by atoms with Gasteiger partial charge in [-0.3, -0.25) is 4.79 Å². The fourth-order valence-corrected chi connectivity index (χ4v) is 2.40. The first-order chi connectivity index (χ1) is 7.20. The highest BCUT2D eigenvalue weighted by molar-refractivity contribution is 7.99. The van der Waals surface area contributed by atoms with E-state index >= 15 is 0 Å². The Bertz CT molecular complexity index is 193.